The molecule has 1 saturated heterocycles. The van der Waals surface area contributed by atoms with Crippen molar-refractivity contribution < 1.29 is 14.0 Å². The molecule has 1 N–H and O–H groups in total. The second-order valence-corrected chi connectivity index (χ2v) is 7.21. The van der Waals surface area contributed by atoms with Gasteiger partial charge in [-0.3, -0.25) is 9.59 Å². The van der Waals surface area contributed by atoms with E-state index in [0.29, 0.717) is 23.7 Å². The van der Waals surface area contributed by atoms with Crippen LogP contribution in [0.25, 0.3) is 0 Å². The summed E-state index contributed by atoms with van der Waals surface area (Å²) >= 11 is 5.88. The molecule has 1 aliphatic heterocycles. The Kier molecular flexibility index (Phi) is 5.67. The summed E-state index contributed by atoms with van der Waals surface area (Å²) in [6.07, 6.45) is 1.59. The standard InChI is InChI=1S/C20H23ClN2O3/c1-13-5-10-18(26-13)14(2)22-19(24)16-4-3-11-23(12-16)20(25)15-6-8-17(21)9-7-15/h5-10,14,16H,3-4,11-12H2,1-2H3,(H,22,24). The van der Waals surface area contributed by atoms with Crippen LogP contribution in [0.2, 0.25) is 5.02 Å². The highest BCUT2D eigenvalue weighted by molar-refractivity contribution is 6.30. The molecule has 0 saturated carbocycles. The maximum absolute atomic E-state index is 12.7. The second kappa shape index (κ2) is 7.96. The largest absolute Gasteiger partial charge is 0.464 e. The molecule has 6 heteroatoms. The number of carbonyl (C=O) groups is 2. The first-order valence-corrected chi connectivity index (χ1v) is 9.23. The normalized spacial score (nSPS) is 18.4. The SMILES string of the molecule is Cc1ccc(C(C)NC(=O)C2CCCN(C(=O)c3ccc(Cl)cc3)C2)o1. The Morgan fingerprint density at radius 1 is 1.23 bits per heavy atom. The molecule has 2 amide bonds. The number of likely N-dealkylation sites (tertiary alicyclic amines) is 1. The van der Waals surface area contributed by atoms with Crippen molar-refractivity contribution in [2.75, 3.05) is 13.1 Å². The number of piperidine rings is 1. The predicted molar refractivity (Wildman–Crippen MR) is 100 cm³/mol. The van der Waals surface area contributed by atoms with Gasteiger partial charge in [-0.05, 0) is 63.1 Å². The summed E-state index contributed by atoms with van der Waals surface area (Å²) in [4.78, 5) is 27.0. The first-order valence-electron chi connectivity index (χ1n) is 8.85. The number of amides is 2. The molecular weight excluding hydrogens is 352 g/mol. The lowest BCUT2D eigenvalue weighted by atomic mass is 9.96. The summed E-state index contributed by atoms with van der Waals surface area (Å²) in [5.74, 6) is 1.24. The van der Waals surface area contributed by atoms with Crippen molar-refractivity contribution in [1.29, 1.82) is 0 Å². The van der Waals surface area contributed by atoms with Gasteiger partial charge in [-0.15, -0.1) is 0 Å². The van der Waals surface area contributed by atoms with E-state index in [-0.39, 0.29) is 23.8 Å². The summed E-state index contributed by atoms with van der Waals surface area (Å²) in [5.41, 5.74) is 0.592. The smallest absolute Gasteiger partial charge is 0.253 e. The third-order valence-corrected chi connectivity index (χ3v) is 4.97. The molecule has 1 aromatic heterocycles. The number of carbonyl (C=O) groups excluding carboxylic acids is 2. The Morgan fingerprint density at radius 2 is 1.96 bits per heavy atom. The Labute approximate surface area is 158 Å². The van der Waals surface area contributed by atoms with Crippen LogP contribution >= 0.6 is 11.6 Å². The monoisotopic (exact) mass is 374 g/mol. The van der Waals surface area contributed by atoms with Gasteiger partial charge in [0.15, 0.2) is 0 Å². The van der Waals surface area contributed by atoms with Crippen molar-refractivity contribution in [2.45, 2.75) is 32.7 Å². The molecule has 0 bridgehead atoms. The van der Waals surface area contributed by atoms with Crippen molar-refractivity contribution in [1.82, 2.24) is 10.2 Å². The molecule has 1 aromatic carbocycles. The molecule has 1 fully saturated rings. The zero-order valence-corrected chi connectivity index (χ0v) is 15.8. The van der Waals surface area contributed by atoms with Gasteiger partial charge >= 0.3 is 0 Å². The first kappa shape index (κ1) is 18.5. The maximum atomic E-state index is 12.7. The fourth-order valence-electron chi connectivity index (χ4n) is 3.24. The lowest BCUT2D eigenvalue weighted by molar-refractivity contribution is -0.127. The van der Waals surface area contributed by atoms with Crippen LogP contribution in [0.3, 0.4) is 0 Å². The van der Waals surface area contributed by atoms with Crippen molar-refractivity contribution in [2.24, 2.45) is 5.92 Å². The van der Waals surface area contributed by atoms with Crippen molar-refractivity contribution in [3.05, 3.63) is 58.5 Å². The van der Waals surface area contributed by atoms with Gasteiger partial charge in [-0.25, -0.2) is 0 Å². The maximum Gasteiger partial charge on any atom is 0.253 e. The number of benzene rings is 1. The summed E-state index contributed by atoms with van der Waals surface area (Å²) in [5, 5.41) is 3.59. The van der Waals surface area contributed by atoms with E-state index in [0.717, 1.165) is 24.4 Å². The fourth-order valence-corrected chi connectivity index (χ4v) is 3.37. The molecule has 2 aromatic rings. The topological polar surface area (TPSA) is 62.6 Å². The predicted octanol–water partition coefficient (Wildman–Crippen LogP) is 3.97. The molecule has 26 heavy (non-hydrogen) atoms. The quantitative estimate of drug-likeness (QED) is 0.880. The molecule has 2 heterocycles. The molecule has 138 valence electrons. The summed E-state index contributed by atoms with van der Waals surface area (Å²) < 4.78 is 5.57. The van der Waals surface area contributed by atoms with Gasteiger partial charge in [0.25, 0.3) is 5.91 Å². The number of rotatable bonds is 4. The Morgan fingerprint density at radius 3 is 2.62 bits per heavy atom. The van der Waals surface area contributed by atoms with Crippen LogP contribution in [-0.4, -0.2) is 29.8 Å². The molecule has 0 radical (unpaired) electrons. The Balaban J connectivity index is 1.61. The highest BCUT2D eigenvalue weighted by Gasteiger charge is 2.30. The van der Waals surface area contributed by atoms with Crippen LogP contribution in [0.1, 0.15) is 47.7 Å². The van der Waals surface area contributed by atoms with Crippen LogP contribution in [0, 0.1) is 12.8 Å². The Bertz CT molecular complexity index is 785. The minimum Gasteiger partial charge on any atom is -0.464 e. The number of nitrogens with zero attached hydrogens (tertiary/aromatic N) is 1. The van der Waals surface area contributed by atoms with Gasteiger partial charge in [0.1, 0.15) is 11.5 Å². The third-order valence-electron chi connectivity index (χ3n) is 4.72. The summed E-state index contributed by atoms with van der Waals surface area (Å²) in [6.45, 7) is 4.87. The molecule has 2 unspecified atom stereocenters. The average Bonchev–Trinajstić information content (AvgIpc) is 3.08. The molecular formula is C20H23ClN2O3. The van der Waals surface area contributed by atoms with Crippen LogP contribution in [-0.2, 0) is 4.79 Å². The molecule has 5 nitrogen and oxygen atoms in total. The summed E-state index contributed by atoms with van der Waals surface area (Å²) in [6, 6.07) is 10.4. The average molecular weight is 375 g/mol. The zero-order chi connectivity index (χ0) is 18.7. The lowest BCUT2D eigenvalue weighted by Gasteiger charge is -2.32. The van der Waals surface area contributed by atoms with E-state index in [1.807, 2.05) is 26.0 Å². The van der Waals surface area contributed by atoms with Crippen molar-refractivity contribution in [3.8, 4) is 0 Å². The molecule has 0 spiro atoms. The third kappa shape index (κ3) is 4.28. The zero-order valence-electron chi connectivity index (χ0n) is 15.0. The fraction of sp³-hybridized carbons (Fsp3) is 0.400. The van der Waals surface area contributed by atoms with E-state index in [2.05, 4.69) is 5.32 Å². The molecule has 2 atom stereocenters. The number of halogens is 1. The van der Waals surface area contributed by atoms with Crippen molar-refractivity contribution >= 4 is 23.4 Å². The van der Waals surface area contributed by atoms with Crippen molar-refractivity contribution in [3.63, 3.8) is 0 Å². The minimum atomic E-state index is -0.210. The first-order chi connectivity index (χ1) is 12.4. The van der Waals surface area contributed by atoms with Gasteiger partial charge in [-0.1, -0.05) is 11.6 Å². The minimum absolute atomic E-state index is 0.0415. The second-order valence-electron chi connectivity index (χ2n) is 6.78. The number of aryl methyl sites for hydroxylation is 1. The molecule has 0 aliphatic carbocycles. The number of hydrogen-bond donors (Lipinski definition) is 1. The van der Waals surface area contributed by atoms with Crippen LogP contribution < -0.4 is 5.32 Å². The van der Waals surface area contributed by atoms with Gasteiger partial charge in [-0.2, -0.15) is 0 Å². The van der Waals surface area contributed by atoms with E-state index in [4.69, 9.17) is 16.0 Å². The van der Waals surface area contributed by atoms with Gasteiger partial charge < -0.3 is 14.6 Å². The van der Waals surface area contributed by atoms with Crippen LogP contribution in [0.5, 0.6) is 0 Å². The number of hydrogen-bond acceptors (Lipinski definition) is 3. The molecule has 1 aliphatic rings. The highest BCUT2D eigenvalue weighted by atomic mass is 35.5. The Hall–Kier alpha value is -2.27. The van der Waals surface area contributed by atoms with Crippen LogP contribution in [0.4, 0.5) is 0 Å². The van der Waals surface area contributed by atoms with Gasteiger partial charge in [0, 0.05) is 23.7 Å². The van der Waals surface area contributed by atoms with Crippen LogP contribution in [0.15, 0.2) is 40.8 Å². The highest BCUT2D eigenvalue weighted by Crippen LogP contribution is 2.22. The number of furan rings is 1. The van der Waals surface area contributed by atoms with E-state index >= 15 is 0 Å². The summed E-state index contributed by atoms with van der Waals surface area (Å²) in [7, 11) is 0. The van der Waals surface area contributed by atoms with Gasteiger partial charge in [0.05, 0.1) is 12.0 Å². The van der Waals surface area contributed by atoms with E-state index in [1.165, 1.54) is 0 Å². The number of nitrogens with one attached hydrogen (secondary N) is 1. The van der Waals surface area contributed by atoms with Gasteiger partial charge in [0.2, 0.25) is 5.91 Å². The molecule has 3 rings (SSSR count). The lowest BCUT2D eigenvalue weighted by Crippen LogP contribution is -2.45. The van der Waals surface area contributed by atoms with E-state index < -0.39 is 0 Å². The van der Waals surface area contributed by atoms with E-state index in [9.17, 15) is 9.59 Å². The van der Waals surface area contributed by atoms with E-state index in [1.54, 1.807) is 29.2 Å².